The first kappa shape index (κ1) is 6.62. The van der Waals surface area contributed by atoms with Gasteiger partial charge in [0, 0.05) is 11.6 Å². The molecule has 1 heterocycles. The van der Waals surface area contributed by atoms with Gasteiger partial charge < -0.3 is 11.1 Å². The van der Waals surface area contributed by atoms with Crippen molar-refractivity contribution < 1.29 is 0 Å². The summed E-state index contributed by atoms with van der Waals surface area (Å²) in [6, 6.07) is 0.440. The molecule has 0 radical (unpaired) electrons. The number of hydrogen-bond donors (Lipinski definition) is 2. The van der Waals surface area contributed by atoms with E-state index in [1.54, 1.807) is 0 Å². The van der Waals surface area contributed by atoms with Crippen LogP contribution in [0.3, 0.4) is 0 Å². The number of hydrogen-bond acceptors (Lipinski definition) is 2. The SMILES string of the molecule is NC1CCCNC12CCC2. The van der Waals surface area contributed by atoms with Crippen molar-refractivity contribution in [1.82, 2.24) is 5.32 Å². The number of rotatable bonds is 0. The van der Waals surface area contributed by atoms with Gasteiger partial charge in [-0.15, -0.1) is 0 Å². The lowest BCUT2D eigenvalue weighted by Gasteiger charge is -2.50. The van der Waals surface area contributed by atoms with Crippen molar-refractivity contribution in [3.63, 3.8) is 0 Å². The predicted molar refractivity (Wildman–Crippen MR) is 41.8 cm³/mol. The standard InChI is InChI=1S/C8H16N2/c9-7-3-1-6-10-8(7)4-2-5-8/h7,10H,1-6,9H2. The van der Waals surface area contributed by atoms with Crippen LogP contribution in [0.4, 0.5) is 0 Å². The first-order valence-corrected chi connectivity index (χ1v) is 4.34. The summed E-state index contributed by atoms with van der Waals surface area (Å²) in [6.45, 7) is 1.19. The maximum absolute atomic E-state index is 6.01. The quantitative estimate of drug-likeness (QED) is 0.517. The minimum Gasteiger partial charge on any atom is -0.326 e. The Bertz CT molecular complexity index is 129. The van der Waals surface area contributed by atoms with Crippen molar-refractivity contribution in [1.29, 1.82) is 0 Å². The smallest absolute Gasteiger partial charge is 0.0332 e. The first-order chi connectivity index (χ1) is 4.83. The molecular weight excluding hydrogens is 124 g/mol. The minimum atomic E-state index is 0.387. The van der Waals surface area contributed by atoms with Crippen molar-refractivity contribution in [3.05, 3.63) is 0 Å². The van der Waals surface area contributed by atoms with Crippen LogP contribution >= 0.6 is 0 Å². The second-order valence-corrected chi connectivity index (χ2v) is 3.69. The Labute approximate surface area is 62.2 Å². The third kappa shape index (κ3) is 0.789. The molecule has 2 nitrogen and oxygen atoms in total. The van der Waals surface area contributed by atoms with Gasteiger partial charge in [0.2, 0.25) is 0 Å². The third-order valence-corrected chi connectivity index (χ3v) is 3.12. The van der Waals surface area contributed by atoms with Gasteiger partial charge in [0.15, 0.2) is 0 Å². The van der Waals surface area contributed by atoms with Crippen LogP contribution < -0.4 is 11.1 Å². The van der Waals surface area contributed by atoms with Gasteiger partial charge in [-0.1, -0.05) is 0 Å². The molecule has 0 aromatic rings. The molecular formula is C8H16N2. The Morgan fingerprint density at radius 2 is 2.10 bits per heavy atom. The summed E-state index contributed by atoms with van der Waals surface area (Å²) in [4.78, 5) is 0. The van der Waals surface area contributed by atoms with Gasteiger partial charge in [0.05, 0.1) is 0 Å². The van der Waals surface area contributed by atoms with Crippen LogP contribution in [0.15, 0.2) is 0 Å². The Morgan fingerprint density at radius 1 is 1.30 bits per heavy atom. The van der Waals surface area contributed by atoms with E-state index in [4.69, 9.17) is 5.73 Å². The van der Waals surface area contributed by atoms with Gasteiger partial charge in [-0.3, -0.25) is 0 Å². The van der Waals surface area contributed by atoms with Gasteiger partial charge in [0.1, 0.15) is 0 Å². The fraction of sp³-hybridized carbons (Fsp3) is 1.00. The molecule has 0 aromatic heterocycles. The maximum Gasteiger partial charge on any atom is 0.0332 e. The molecule has 0 bridgehead atoms. The van der Waals surface area contributed by atoms with Crippen LogP contribution in [0.2, 0.25) is 0 Å². The van der Waals surface area contributed by atoms with E-state index < -0.39 is 0 Å². The van der Waals surface area contributed by atoms with Gasteiger partial charge in [0.25, 0.3) is 0 Å². The summed E-state index contributed by atoms with van der Waals surface area (Å²) in [5, 5.41) is 3.56. The summed E-state index contributed by atoms with van der Waals surface area (Å²) in [5.74, 6) is 0. The zero-order chi connectivity index (χ0) is 7.03. The third-order valence-electron chi connectivity index (χ3n) is 3.12. The molecule has 2 rings (SSSR count). The molecule has 1 aliphatic heterocycles. The Morgan fingerprint density at radius 3 is 2.50 bits per heavy atom. The largest absolute Gasteiger partial charge is 0.326 e. The number of piperidine rings is 1. The van der Waals surface area contributed by atoms with E-state index >= 15 is 0 Å². The van der Waals surface area contributed by atoms with Gasteiger partial charge in [-0.25, -0.2) is 0 Å². The molecule has 2 aliphatic rings. The summed E-state index contributed by atoms with van der Waals surface area (Å²) in [5.41, 5.74) is 6.40. The molecule has 3 N–H and O–H groups in total. The molecule has 2 fully saturated rings. The summed E-state index contributed by atoms with van der Waals surface area (Å²) in [6.07, 6.45) is 6.50. The summed E-state index contributed by atoms with van der Waals surface area (Å²) < 4.78 is 0. The molecule has 1 saturated heterocycles. The molecule has 2 heteroatoms. The number of nitrogens with two attached hydrogens (primary N) is 1. The van der Waals surface area contributed by atoms with Crippen LogP contribution in [0.1, 0.15) is 32.1 Å². The van der Waals surface area contributed by atoms with Crippen LogP contribution in [0.5, 0.6) is 0 Å². The van der Waals surface area contributed by atoms with E-state index in [1.807, 2.05) is 0 Å². The van der Waals surface area contributed by atoms with Crippen LogP contribution in [-0.4, -0.2) is 18.1 Å². The highest BCUT2D eigenvalue weighted by atomic mass is 15.0. The lowest BCUT2D eigenvalue weighted by Crippen LogP contribution is -2.65. The molecule has 1 atom stereocenters. The summed E-state index contributed by atoms with van der Waals surface area (Å²) in [7, 11) is 0. The molecule has 1 saturated carbocycles. The topological polar surface area (TPSA) is 38.0 Å². The molecule has 0 amide bonds. The van der Waals surface area contributed by atoms with Crippen molar-refractivity contribution in [2.24, 2.45) is 5.73 Å². The van der Waals surface area contributed by atoms with Crippen molar-refractivity contribution in [2.45, 2.75) is 43.7 Å². The van der Waals surface area contributed by atoms with Gasteiger partial charge >= 0.3 is 0 Å². The zero-order valence-corrected chi connectivity index (χ0v) is 6.40. The van der Waals surface area contributed by atoms with E-state index in [2.05, 4.69) is 5.32 Å². The lowest BCUT2D eigenvalue weighted by molar-refractivity contribution is 0.116. The second kappa shape index (κ2) is 2.21. The predicted octanol–water partition coefficient (Wildman–Crippen LogP) is 0.620. The fourth-order valence-corrected chi connectivity index (χ4v) is 2.17. The highest BCUT2D eigenvalue weighted by molar-refractivity contribution is 5.05. The molecule has 10 heavy (non-hydrogen) atoms. The first-order valence-electron chi connectivity index (χ1n) is 4.34. The Balaban J connectivity index is 2.03. The lowest BCUT2D eigenvalue weighted by atomic mass is 9.69. The normalized spacial score (nSPS) is 37.5. The van der Waals surface area contributed by atoms with E-state index in [1.165, 1.54) is 38.6 Å². The van der Waals surface area contributed by atoms with E-state index in [0.29, 0.717) is 11.6 Å². The van der Waals surface area contributed by atoms with Crippen molar-refractivity contribution in [3.8, 4) is 0 Å². The Hall–Kier alpha value is -0.0800. The monoisotopic (exact) mass is 140 g/mol. The molecule has 1 aliphatic carbocycles. The highest BCUT2D eigenvalue weighted by Gasteiger charge is 2.43. The Kier molecular flexibility index (Phi) is 1.46. The fourth-order valence-electron chi connectivity index (χ4n) is 2.17. The second-order valence-electron chi connectivity index (χ2n) is 3.69. The van der Waals surface area contributed by atoms with Crippen LogP contribution in [0.25, 0.3) is 0 Å². The minimum absolute atomic E-state index is 0.387. The molecule has 58 valence electrons. The van der Waals surface area contributed by atoms with Crippen molar-refractivity contribution >= 4 is 0 Å². The van der Waals surface area contributed by atoms with Gasteiger partial charge in [-0.05, 0) is 38.6 Å². The average molecular weight is 140 g/mol. The molecule has 0 aromatic carbocycles. The van der Waals surface area contributed by atoms with E-state index in [-0.39, 0.29) is 0 Å². The average Bonchev–Trinajstić information content (AvgIpc) is 1.85. The van der Waals surface area contributed by atoms with E-state index in [9.17, 15) is 0 Å². The zero-order valence-electron chi connectivity index (χ0n) is 6.40. The number of nitrogens with one attached hydrogen (secondary N) is 1. The van der Waals surface area contributed by atoms with E-state index in [0.717, 1.165) is 0 Å². The van der Waals surface area contributed by atoms with Crippen molar-refractivity contribution in [2.75, 3.05) is 6.54 Å². The summed E-state index contributed by atoms with van der Waals surface area (Å²) >= 11 is 0. The van der Waals surface area contributed by atoms with Gasteiger partial charge in [-0.2, -0.15) is 0 Å². The highest BCUT2D eigenvalue weighted by Crippen LogP contribution is 2.37. The molecule has 1 spiro atoms. The maximum atomic E-state index is 6.01. The van der Waals surface area contributed by atoms with Crippen LogP contribution in [0, 0.1) is 0 Å². The van der Waals surface area contributed by atoms with Crippen LogP contribution in [-0.2, 0) is 0 Å². The molecule has 1 unspecified atom stereocenters.